The maximum atomic E-state index is 13.1. The van der Waals surface area contributed by atoms with Gasteiger partial charge in [0.1, 0.15) is 6.04 Å². The third-order valence-corrected chi connectivity index (χ3v) is 6.66. The van der Waals surface area contributed by atoms with Crippen LogP contribution in [0.25, 0.3) is 0 Å². The normalized spacial score (nSPS) is 27.5. The van der Waals surface area contributed by atoms with E-state index in [4.69, 9.17) is 0 Å². The molecule has 29 heavy (non-hydrogen) atoms. The van der Waals surface area contributed by atoms with Gasteiger partial charge in [-0.05, 0) is 42.7 Å². The van der Waals surface area contributed by atoms with Crippen LogP contribution in [0, 0.1) is 5.41 Å². The first kappa shape index (κ1) is 18.4. The number of benzene rings is 1. The van der Waals surface area contributed by atoms with Crippen LogP contribution in [0.4, 0.5) is 0 Å². The van der Waals surface area contributed by atoms with Crippen molar-refractivity contribution in [3.05, 3.63) is 34.9 Å². The molecule has 2 unspecified atom stereocenters. The Morgan fingerprint density at radius 2 is 1.97 bits per heavy atom. The summed E-state index contributed by atoms with van der Waals surface area (Å²) in [5, 5.41) is 9.20. The molecule has 8 nitrogen and oxygen atoms in total. The van der Waals surface area contributed by atoms with E-state index in [1.807, 2.05) is 6.07 Å². The topological polar surface area (TPSA) is 108 Å². The minimum atomic E-state index is -0.932. The van der Waals surface area contributed by atoms with Gasteiger partial charge in [-0.15, -0.1) is 0 Å². The molecule has 1 aliphatic carbocycles. The molecule has 3 heterocycles. The van der Waals surface area contributed by atoms with E-state index in [0.717, 1.165) is 23.6 Å². The lowest BCUT2D eigenvalue weighted by Gasteiger charge is -2.27. The van der Waals surface area contributed by atoms with Crippen LogP contribution in [0.5, 0.6) is 0 Å². The van der Waals surface area contributed by atoms with Gasteiger partial charge in [-0.3, -0.25) is 29.4 Å². The second-order valence-electron chi connectivity index (χ2n) is 8.70. The van der Waals surface area contributed by atoms with Gasteiger partial charge in [-0.1, -0.05) is 12.1 Å². The van der Waals surface area contributed by atoms with Gasteiger partial charge in [0, 0.05) is 32.1 Å². The number of nitrogens with zero attached hydrogens (tertiary/aromatic N) is 1. The van der Waals surface area contributed by atoms with E-state index in [9.17, 15) is 19.2 Å². The van der Waals surface area contributed by atoms with Crippen molar-refractivity contribution >= 4 is 23.6 Å². The Morgan fingerprint density at radius 3 is 2.69 bits per heavy atom. The highest BCUT2D eigenvalue weighted by molar-refractivity contribution is 6.24. The van der Waals surface area contributed by atoms with Crippen molar-refractivity contribution in [2.24, 2.45) is 5.41 Å². The highest BCUT2D eigenvalue weighted by Gasteiger charge is 2.48. The lowest BCUT2D eigenvalue weighted by molar-refractivity contribution is -0.136. The highest BCUT2D eigenvalue weighted by atomic mass is 16.2. The molecule has 4 aliphatic rings. The summed E-state index contributed by atoms with van der Waals surface area (Å²) in [5.41, 5.74) is 1.99. The van der Waals surface area contributed by atoms with Crippen LogP contribution in [0.3, 0.4) is 0 Å². The van der Waals surface area contributed by atoms with Crippen molar-refractivity contribution in [2.75, 3.05) is 13.1 Å². The summed E-state index contributed by atoms with van der Waals surface area (Å²) in [6.07, 6.45) is 4.10. The van der Waals surface area contributed by atoms with Gasteiger partial charge in [0.15, 0.2) is 0 Å². The molecule has 152 valence electrons. The van der Waals surface area contributed by atoms with Crippen LogP contribution in [0.2, 0.25) is 0 Å². The number of fused-ring (bicyclic) bond motifs is 1. The van der Waals surface area contributed by atoms with Crippen LogP contribution >= 0.6 is 0 Å². The Hall–Kier alpha value is -2.58. The summed E-state index contributed by atoms with van der Waals surface area (Å²) in [6, 6.07) is 4.74. The Balaban J connectivity index is 1.29. The van der Waals surface area contributed by atoms with E-state index >= 15 is 0 Å². The number of rotatable bonds is 5. The average molecular weight is 396 g/mol. The third kappa shape index (κ3) is 3.16. The largest absolute Gasteiger partial charge is 0.312 e. The fourth-order valence-corrected chi connectivity index (χ4v) is 4.84. The van der Waals surface area contributed by atoms with Gasteiger partial charge in [0.25, 0.3) is 11.8 Å². The van der Waals surface area contributed by atoms with E-state index in [1.54, 1.807) is 12.1 Å². The zero-order chi connectivity index (χ0) is 20.2. The first-order chi connectivity index (χ1) is 14.0. The van der Waals surface area contributed by atoms with E-state index in [-0.39, 0.29) is 18.7 Å². The predicted octanol–water partition coefficient (Wildman–Crippen LogP) is 0.320. The first-order valence-corrected chi connectivity index (χ1v) is 10.3. The van der Waals surface area contributed by atoms with Crippen molar-refractivity contribution < 1.29 is 19.2 Å². The molecule has 1 spiro atoms. The molecular formula is C21H24N4O4. The van der Waals surface area contributed by atoms with Crippen molar-refractivity contribution in [3.8, 4) is 0 Å². The van der Waals surface area contributed by atoms with Gasteiger partial charge >= 0.3 is 0 Å². The molecule has 1 saturated carbocycles. The van der Waals surface area contributed by atoms with Gasteiger partial charge < -0.3 is 10.6 Å². The van der Waals surface area contributed by atoms with Crippen molar-refractivity contribution in [1.29, 1.82) is 0 Å². The molecule has 3 N–H and O–H groups in total. The maximum Gasteiger partial charge on any atom is 0.262 e. The fraction of sp³-hybridized carbons (Fsp3) is 0.524. The summed E-state index contributed by atoms with van der Waals surface area (Å²) >= 11 is 0. The number of imide groups is 2. The molecule has 0 radical (unpaired) electrons. The molecule has 0 bridgehead atoms. The fourth-order valence-electron chi connectivity index (χ4n) is 4.84. The standard InChI is InChI=1S/C21H24N4O4/c26-16-5-4-15(18(27)24-16)25-19(28)14-3-1-2-12(17(14)20(25)29)9-22-10-13-8-21(6-7-21)11-23-13/h1-3,13,15,22-23H,4-11H2,(H,24,26,27). The minimum Gasteiger partial charge on any atom is -0.312 e. The smallest absolute Gasteiger partial charge is 0.262 e. The summed E-state index contributed by atoms with van der Waals surface area (Å²) in [5.74, 6) is -1.87. The molecule has 0 aromatic heterocycles. The van der Waals surface area contributed by atoms with Gasteiger partial charge in [-0.2, -0.15) is 0 Å². The molecule has 4 amide bonds. The van der Waals surface area contributed by atoms with Crippen molar-refractivity contribution in [2.45, 2.75) is 50.7 Å². The molecular weight excluding hydrogens is 372 g/mol. The summed E-state index contributed by atoms with van der Waals surface area (Å²) in [6.45, 7) is 2.38. The van der Waals surface area contributed by atoms with Crippen LogP contribution in [0.1, 0.15) is 58.4 Å². The Labute approximate surface area is 168 Å². The molecule has 1 aromatic carbocycles. The number of amides is 4. The Bertz CT molecular complexity index is 923. The van der Waals surface area contributed by atoms with Gasteiger partial charge in [-0.25, -0.2) is 0 Å². The monoisotopic (exact) mass is 396 g/mol. The molecule has 5 rings (SSSR count). The van der Waals surface area contributed by atoms with E-state index in [2.05, 4.69) is 16.0 Å². The quantitative estimate of drug-likeness (QED) is 0.619. The molecule has 3 fully saturated rings. The number of hydrogen-bond donors (Lipinski definition) is 3. The van der Waals surface area contributed by atoms with E-state index in [0.29, 0.717) is 29.1 Å². The van der Waals surface area contributed by atoms with E-state index < -0.39 is 23.8 Å². The van der Waals surface area contributed by atoms with Crippen LogP contribution in [-0.4, -0.2) is 53.7 Å². The second kappa shape index (κ2) is 6.74. The molecule has 3 aliphatic heterocycles. The number of nitrogens with one attached hydrogen (secondary N) is 3. The first-order valence-electron chi connectivity index (χ1n) is 10.3. The number of carbonyl (C=O) groups is 4. The van der Waals surface area contributed by atoms with Crippen LogP contribution in [-0.2, 0) is 16.1 Å². The third-order valence-electron chi connectivity index (χ3n) is 6.66. The maximum absolute atomic E-state index is 13.1. The summed E-state index contributed by atoms with van der Waals surface area (Å²) < 4.78 is 0. The molecule has 2 saturated heterocycles. The Morgan fingerprint density at radius 1 is 1.14 bits per heavy atom. The zero-order valence-electron chi connectivity index (χ0n) is 16.1. The summed E-state index contributed by atoms with van der Waals surface area (Å²) in [4.78, 5) is 50.5. The van der Waals surface area contributed by atoms with Crippen molar-refractivity contribution in [3.63, 3.8) is 0 Å². The molecule has 2 atom stereocenters. The summed E-state index contributed by atoms with van der Waals surface area (Å²) in [7, 11) is 0. The number of carbonyl (C=O) groups excluding carboxylic acids is 4. The second-order valence-corrected chi connectivity index (χ2v) is 8.70. The average Bonchev–Trinajstić information content (AvgIpc) is 3.26. The zero-order valence-corrected chi connectivity index (χ0v) is 16.1. The van der Waals surface area contributed by atoms with Gasteiger partial charge in [0.05, 0.1) is 11.1 Å². The molecule has 1 aromatic rings. The Kier molecular flexibility index (Phi) is 4.29. The number of piperidine rings is 1. The predicted molar refractivity (Wildman–Crippen MR) is 103 cm³/mol. The highest BCUT2D eigenvalue weighted by Crippen LogP contribution is 2.51. The lowest BCUT2D eigenvalue weighted by Crippen LogP contribution is -2.54. The number of hydrogen-bond acceptors (Lipinski definition) is 6. The van der Waals surface area contributed by atoms with Crippen LogP contribution < -0.4 is 16.0 Å². The SMILES string of the molecule is O=C1CCC(N2C(=O)c3cccc(CNCC4CC5(CC5)CN4)c3C2=O)C(=O)N1. The lowest BCUT2D eigenvalue weighted by atomic mass is 10.0. The van der Waals surface area contributed by atoms with Gasteiger partial charge in [0.2, 0.25) is 11.8 Å². The van der Waals surface area contributed by atoms with Crippen LogP contribution in [0.15, 0.2) is 18.2 Å². The molecule has 8 heteroatoms. The van der Waals surface area contributed by atoms with E-state index in [1.165, 1.54) is 19.3 Å². The van der Waals surface area contributed by atoms with Crippen molar-refractivity contribution in [1.82, 2.24) is 20.9 Å². The minimum absolute atomic E-state index is 0.119.